The highest BCUT2D eigenvalue weighted by Gasteiger charge is 2.30. The minimum atomic E-state index is -4.34. The van der Waals surface area contributed by atoms with Gasteiger partial charge < -0.3 is 0 Å². The number of hydrazone groups is 1. The van der Waals surface area contributed by atoms with Gasteiger partial charge in [-0.3, -0.25) is 5.43 Å². The number of hydrogen-bond donors (Lipinski definition) is 1. The van der Waals surface area contributed by atoms with Crippen molar-refractivity contribution in [2.45, 2.75) is 6.18 Å². The Morgan fingerprint density at radius 1 is 0.760 bits per heavy atom. The van der Waals surface area contributed by atoms with E-state index in [1.807, 2.05) is 42.5 Å². The van der Waals surface area contributed by atoms with Crippen LogP contribution in [0.2, 0.25) is 0 Å². The van der Waals surface area contributed by atoms with Crippen molar-refractivity contribution < 1.29 is 13.2 Å². The topological polar surface area (TPSA) is 24.4 Å². The molecule has 0 radical (unpaired) electrons. The third-order valence-electron chi connectivity index (χ3n) is 3.61. The Hall–Kier alpha value is -3.08. The van der Waals surface area contributed by atoms with Crippen LogP contribution in [0.3, 0.4) is 0 Å². The van der Waals surface area contributed by atoms with Gasteiger partial charge in [0.15, 0.2) is 0 Å². The number of anilines is 1. The molecule has 0 heterocycles. The van der Waals surface area contributed by atoms with Crippen LogP contribution in [0.15, 0.2) is 84.0 Å². The zero-order chi connectivity index (χ0) is 17.7. The Kier molecular flexibility index (Phi) is 4.84. The van der Waals surface area contributed by atoms with Crippen LogP contribution in [0.1, 0.15) is 11.1 Å². The molecule has 0 amide bonds. The van der Waals surface area contributed by atoms with Gasteiger partial charge in [0.2, 0.25) is 0 Å². The molecule has 126 valence electrons. The first-order valence-corrected chi connectivity index (χ1v) is 7.64. The molecule has 5 heteroatoms. The largest absolute Gasteiger partial charge is 0.416 e. The van der Waals surface area contributed by atoms with Crippen molar-refractivity contribution in [3.63, 3.8) is 0 Å². The molecule has 2 nitrogen and oxygen atoms in total. The predicted octanol–water partition coefficient (Wildman–Crippen LogP) is 5.82. The Bertz CT molecular complexity index is 854. The number of rotatable bonds is 4. The van der Waals surface area contributed by atoms with E-state index in [1.54, 1.807) is 24.4 Å². The quantitative estimate of drug-likeness (QED) is 0.470. The minimum absolute atomic E-state index is 0.528. The van der Waals surface area contributed by atoms with Crippen molar-refractivity contribution >= 4 is 11.9 Å². The Morgan fingerprint density at radius 2 is 1.48 bits per heavy atom. The maximum absolute atomic E-state index is 12.8. The number of alkyl halides is 3. The molecule has 0 aliphatic heterocycles. The molecule has 0 aliphatic rings. The molecule has 0 atom stereocenters. The zero-order valence-corrected chi connectivity index (χ0v) is 13.2. The Morgan fingerprint density at radius 3 is 2.16 bits per heavy atom. The summed E-state index contributed by atoms with van der Waals surface area (Å²) in [5.74, 6) is 0. The van der Waals surface area contributed by atoms with Gasteiger partial charge in [-0.25, -0.2) is 0 Å². The minimum Gasteiger partial charge on any atom is -0.279 e. The van der Waals surface area contributed by atoms with E-state index in [9.17, 15) is 13.2 Å². The van der Waals surface area contributed by atoms with Gasteiger partial charge in [-0.1, -0.05) is 54.6 Å². The maximum Gasteiger partial charge on any atom is 0.416 e. The third kappa shape index (κ3) is 4.47. The van der Waals surface area contributed by atoms with Gasteiger partial charge >= 0.3 is 6.18 Å². The van der Waals surface area contributed by atoms with E-state index in [2.05, 4.69) is 10.5 Å². The lowest BCUT2D eigenvalue weighted by Gasteiger charge is -2.09. The van der Waals surface area contributed by atoms with E-state index in [4.69, 9.17) is 0 Å². The molecule has 1 N–H and O–H groups in total. The van der Waals surface area contributed by atoms with Gasteiger partial charge in [0.25, 0.3) is 0 Å². The number of nitrogens with zero attached hydrogens (tertiary/aromatic N) is 1. The fraction of sp³-hybridized carbons (Fsp3) is 0.0500. The molecule has 0 aliphatic carbocycles. The zero-order valence-electron chi connectivity index (χ0n) is 13.2. The lowest BCUT2D eigenvalue weighted by molar-refractivity contribution is -0.137. The van der Waals surface area contributed by atoms with Crippen LogP contribution in [-0.4, -0.2) is 6.21 Å². The summed E-state index contributed by atoms with van der Waals surface area (Å²) in [7, 11) is 0. The predicted molar refractivity (Wildman–Crippen MR) is 94.5 cm³/mol. The molecule has 3 aromatic carbocycles. The molecular formula is C20H15F3N2. The number of para-hydroxylation sites is 1. The number of nitrogens with one attached hydrogen (secondary N) is 1. The van der Waals surface area contributed by atoms with Crippen molar-refractivity contribution in [3.05, 3.63) is 90.0 Å². The van der Waals surface area contributed by atoms with Crippen molar-refractivity contribution in [1.29, 1.82) is 0 Å². The second-order valence-corrected chi connectivity index (χ2v) is 5.44. The van der Waals surface area contributed by atoms with E-state index in [0.29, 0.717) is 5.56 Å². The molecule has 3 rings (SSSR count). The molecule has 3 aromatic rings. The maximum atomic E-state index is 12.8. The summed E-state index contributed by atoms with van der Waals surface area (Å²) in [6, 6.07) is 22.0. The molecule has 0 spiro atoms. The highest BCUT2D eigenvalue weighted by Crippen LogP contribution is 2.32. The Balaban J connectivity index is 1.72. The van der Waals surface area contributed by atoms with Crippen molar-refractivity contribution in [2.75, 3.05) is 5.43 Å². The molecule has 0 saturated heterocycles. The first-order valence-electron chi connectivity index (χ1n) is 7.64. The summed E-state index contributed by atoms with van der Waals surface area (Å²) in [5, 5.41) is 4.14. The van der Waals surface area contributed by atoms with Crippen LogP contribution in [-0.2, 0) is 6.18 Å². The average Bonchev–Trinajstić information content (AvgIpc) is 2.63. The monoisotopic (exact) mass is 340 g/mol. The molecular weight excluding hydrogens is 325 g/mol. The van der Waals surface area contributed by atoms with Gasteiger partial charge in [-0.2, -0.15) is 18.3 Å². The van der Waals surface area contributed by atoms with Crippen LogP contribution in [0, 0.1) is 0 Å². The van der Waals surface area contributed by atoms with Gasteiger partial charge in [0.1, 0.15) is 0 Å². The number of hydrogen-bond acceptors (Lipinski definition) is 2. The van der Waals surface area contributed by atoms with Crippen LogP contribution in [0.25, 0.3) is 11.1 Å². The van der Waals surface area contributed by atoms with Gasteiger partial charge in [-0.05, 0) is 41.0 Å². The van der Waals surface area contributed by atoms with Gasteiger partial charge in [-0.15, -0.1) is 0 Å². The van der Waals surface area contributed by atoms with Crippen LogP contribution in [0.4, 0.5) is 18.9 Å². The lowest BCUT2D eigenvalue weighted by Crippen LogP contribution is -2.04. The molecule has 0 aromatic heterocycles. The average molecular weight is 340 g/mol. The van der Waals surface area contributed by atoms with Crippen LogP contribution >= 0.6 is 0 Å². The molecule has 25 heavy (non-hydrogen) atoms. The standard InChI is InChI=1S/C20H15F3N2/c21-20(22,23)18-6-4-5-17(13-18)16-11-9-15(10-12-16)14-24-25-19-7-2-1-3-8-19/h1-14,25H. The lowest BCUT2D eigenvalue weighted by atomic mass is 10.0. The van der Waals surface area contributed by atoms with Gasteiger partial charge in [0.05, 0.1) is 17.5 Å². The summed E-state index contributed by atoms with van der Waals surface area (Å²) in [5.41, 5.74) is 5.23. The summed E-state index contributed by atoms with van der Waals surface area (Å²) in [6.45, 7) is 0. The van der Waals surface area contributed by atoms with Crippen molar-refractivity contribution in [2.24, 2.45) is 5.10 Å². The van der Waals surface area contributed by atoms with E-state index >= 15 is 0 Å². The summed E-state index contributed by atoms with van der Waals surface area (Å²) in [4.78, 5) is 0. The van der Waals surface area contributed by atoms with E-state index < -0.39 is 11.7 Å². The normalized spacial score (nSPS) is 11.6. The third-order valence-corrected chi connectivity index (χ3v) is 3.61. The summed E-state index contributed by atoms with van der Waals surface area (Å²) in [6.07, 6.45) is -2.69. The van der Waals surface area contributed by atoms with Crippen molar-refractivity contribution in [3.8, 4) is 11.1 Å². The van der Waals surface area contributed by atoms with E-state index in [1.165, 1.54) is 6.07 Å². The number of benzene rings is 3. The number of halogens is 3. The SMILES string of the molecule is FC(F)(F)c1cccc(-c2ccc(C=NNc3ccccc3)cc2)c1. The fourth-order valence-corrected chi connectivity index (χ4v) is 2.33. The Labute approximate surface area is 143 Å². The van der Waals surface area contributed by atoms with E-state index in [0.717, 1.165) is 28.9 Å². The molecule has 0 bridgehead atoms. The van der Waals surface area contributed by atoms with Crippen LogP contribution in [0.5, 0.6) is 0 Å². The molecule has 0 unspecified atom stereocenters. The first-order chi connectivity index (χ1) is 12.0. The molecule has 0 fully saturated rings. The smallest absolute Gasteiger partial charge is 0.279 e. The first kappa shape index (κ1) is 16.8. The highest BCUT2D eigenvalue weighted by atomic mass is 19.4. The molecule has 0 saturated carbocycles. The second-order valence-electron chi connectivity index (χ2n) is 5.44. The van der Waals surface area contributed by atoms with E-state index in [-0.39, 0.29) is 0 Å². The highest BCUT2D eigenvalue weighted by molar-refractivity contribution is 5.81. The second kappa shape index (κ2) is 7.21. The van der Waals surface area contributed by atoms with Gasteiger partial charge in [0, 0.05) is 0 Å². The summed E-state index contributed by atoms with van der Waals surface area (Å²) >= 11 is 0. The summed E-state index contributed by atoms with van der Waals surface area (Å²) < 4.78 is 38.4. The van der Waals surface area contributed by atoms with Crippen LogP contribution < -0.4 is 5.43 Å². The fourth-order valence-electron chi connectivity index (χ4n) is 2.33. The van der Waals surface area contributed by atoms with Crippen molar-refractivity contribution in [1.82, 2.24) is 0 Å².